The summed E-state index contributed by atoms with van der Waals surface area (Å²) in [6.07, 6.45) is 2.50. The van der Waals surface area contributed by atoms with Gasteiger partial charge in [-0.25, -0.2) is 0 Å². The van der Waals surface area contributed by atoms with Crippen LogP contribution in [0.25, 0.3) is 0 Å². The molecule has 0 unspecified atom stereocenters. The minimum Gasteiger partial charge on any atom is -0.417 e. The zero-order chi connectivity index (χ0) is 18.9. The predicted octanol–water partition coefficient (Wildman–Crippen LogP) is 3.73. The van der Waals surface area contributed by atoms with Gasteiger partial charge in [-0.15, -0.1) is 6.58 Å². The van der Waals surface area contributed by atoms with Crippen molar-refractivity contribution in [3.8, 4) is 0 Å². The maximum atomic E-state index is 10.6. The number of aliphatic hydroxyl groups is 1. The highest BCUT2D eigenvalue weighted by molar-refractivity contribution is 6.74. The lowest BCUT2D eigenvalue weighted by atomic mass is 9.93. The third-order valence-electron chi connectivity index (χ3n) is 4.69. The van der Waals surface area contributed by atoms with E-state index in [0.717, 1.165) is 6.42 Å². The number of ether oxygens (including phenoxy) is 3. The van der Waals surface area contributed by atoms with Gasteiger partial charge in [0.05, 0.1) is 18.8 Å². The van der Waals surface area contributed by atoms with Gasteiger partial charge in [-0.1, -0.05) is 26.8 Å². The zero-order valence-electron chi connectivity index (χ0n) is 16.7. The van der Waals surface area contributed by atoms with Crippen molar-refractivity contribution in [1.82, 2.24) is 0 Å². The van der Waals surface area contributed by atoms with Gasteiger partial charge in [0.1, 0.15) is 12.9 Å². The summed E-state index contributed by atoms with van der Waals surface area (Å²) in [6, 6.07) is 0. The van der Waals surface area contributed by atoms with Crippen molar-refractivity contribution in [3.63, 3.8) is 0 Å². The summed E-state index contributed by atoms with van der Waals surface area (Å²) in [4.78, 5) is 0. The Morgan fingerprint density at radius 3 is 2.25 bits per heavy atom. The molecule has 0 aromatic heterocycles. The molecule has 5 nitrogen and oxygen atoms in total. The first-order valence-corrected chi connectivity index (χ1v) is 11.6. The minimum atomic E-state index is -1.74. The normalized spacial score (nSPS) is 16.7. The van der Waals surface area contributed by atoms with Crippen LogP contribution in [-0.4, -0.2) is 58.9 Å². The molecule has 0 saturated heterocycles. The molecule has 144 valence electrons. The van der Waals surface area contributed by atoms with E-state index in [0.29, 0.717) is 26.2 Å². The summed E-state index contributed by atoms with van der Waals surface area (Å²) in [6.45, 7) is 18.4. The molecule has 1 N–H and O–H groups in total. The van der Waals surface area contributed by atoms with E-state index in [-0.39, 0.29) is 11.8 Å². The van der Waals surface area contributed by atoms with Gasteiger partial charge < -0.3 is 23.7 Å². The van der Waals surface area contributed by atoms with Crippen molar-refractivity contribution < 1.29 is 23.7 Å². The Hall–Kier alpha value is -0.243. The van der Waals surface area contributed by atoms with Gasteiger partial charge in [0.15, 0.2) is 8.32 Å². The molecule has 0 spiro atoms. The molecule has 0 aliphatic heterocycles. The van der Waals surface area contributed by atoms with E-state index < -0.39 is 20.0 Å². The summed E-state index contributed by atoms with van der Waals surface area (Å²) in [5, 5.41) is 10.8. The van der Waals surface area contributed by atoms with E-state index in [1.165, 1.54) is 0 Å². The Morgan fingerprint density at radius 1 is 1.12 bits per heavy atom. The van der Waals surface area contributed by atoms with Crippen LogP contribution in [-0.2, 0) is 18.6 Å². The highest BCUT2D eigenvalue weighted by atomic mass is 28.4. The minimum absolute atomic E-state index is 0.108. The quantitative estimate of drug-likeness (QED) is 0.234. The molecule has 0 aromatic carbocycles. The standard InChI is InChI=1S/C18H38O5Si/c1-9-16(22-15-21-14-13-20-6)18(5,19)11-10-12-23-24(7,8)17(2,3)4/h9,16,19H,1,10-15H2,2-8H3/t16-,18+/m0/s1. The van der Waals surface area contributed by atoms with Gasteiger partial charge in [0, 0.05) is 13.7 Å². The first kappa shape index (κ1) is 23.8. The van der Waals surface area contributed by atoms with Crippen molar-refractivity contribution >= 4 is 8.32 Å². The number of hydrogen-bond acceptors (Lipinski definition) is 5. The average molecular weight is 363 g/mol. The number of rotatable bonds is 13. The molecule has 0 rings (SSSR count). The topological polar surface area (TPSA) is 57.2 Å². The predicted molar refractivity (Wildman–Crippen MR) is 101 cm³/mol. The number of hydrogen-bond donors (Lipinski definition) is 1. The Labute approximate surface area is 149 Å². The van der Waals surface area contributed by atoms with Crippen LogP contribution >= 0.6 is 0 Å². The SMILES string of the molecule is C=C[C@H](OCOCCOC)[C@](C)(O)CCCO[Si](C)(C)C(C)(C)C. The largest absolute Gasteiger partial charge is 0.417 e. The molecular weight excluding hydrogens is 324 g/mol. The maximum Gasteiger partial charge on any atom is 0.191 e. The van der Waals surface area contributed by atoms with Crippen molar-refractivity contribution in [2.75, 3.05) is 33.7 Å². The average Bonchev–Trinajstić information content (AvgIpc) is 2.46. The van der Waals surface area contributed by atoms with Crippen LogP contribution in [0.1, 0.15) is 40.5 Å². The number of methoxy groups -OCH3 is 1. The second-order valence-electron chi connectivity index (χ2n) is 7.91. The van der Waals surface area contributed by atoms with Crippen LogP contribution in [0.15, 0.2) is 12.7 Å². The lowest BCUT2D eigenvalue weighted by Crippen LogP contribution is -2.42. The van der Waals surface area contributed by atoms with E-state index in [1.54, 1.807) is 20.1 Å². The maximum absolute atomic E-state index is 10.6. The van der Waals surface area contributed by atoms with Gasteiger partial charge in [0.2, 0.25) is 0 Å². The molecule has 0 amide bonds. The molecule has 2 atom stereocenters. The lowest BCUT2D eigenvalue weighted by molar-refractivity contribution is -0.145. The van der Waals surface area contributed by atoms with E-state index in [9.17, 15) is 5.11 Å². The van der Waals surface area contributed by atoms with Gasteiger partial charge in [0.25, 0.3) is 0 Å². The Bertz CT molecular complexity index is 350. The molecule has 0 aliphatic rings. The van der Waals surface area contributed by atoms with Crippen LogP contribution < -0.4 is 0 Å². The van der Waals surface area contributed by atoms with Crippen molar-refractivity contribution in [1.29, 1.82) is 0 Å². The Morgan fingerprint density at radius 2 is 1.75 bits per heavy atom. The van der Waals surface area contributed by atoms with E-state index in [1.807, 2.05) is 0 Å². The van der Waals surface area contributed by atoms with Crippen LogP contribution in [0.3, 0.4) is 0 Å². The summed E-state index contributed by atoms with van der Waals surface area (Å²) < 4.78 is 21.9. The fraction of sp³-hybridized carbons (Fsp3) is 0.889. The Kier molecular flexibility index (Phi) is 10.6. The molecule has 0 bridgehead atoms. The third kappa shape index (κ3) is 8.74. The second-order valence-corrected chi connectivity index (χ2v) is 12.7. The highest BCUT2D eigenvalue weighted by Crippen LogP contribution is 2.36. The van der Waals surface area contributed by atoms with Crippen LogP contribution in [0, 0.1) is 0 Å². The smallest absolute Gasteiger partial charge is 0.191 e. The molecule has 6 heteroatoms. The second kappa shape index (κ2) is 10.7. The van der Waals surface area contributed by atoms with Crippen molar-refractivity contribution in [2.45, 2.75) is 70.4 Å². The van der Waals surface area contributed by atoms with Crippen molar-refractivity contribution in [3.05, 3.63) is 12.7 Å². The first-order valence-electron chi connectivity index (χ1n) is 8.65. The van der Waals surface area contributed by atoms with Crippen LogP contribution in [0.4, 0.5) is 0 Å². The first-order chi connectivity index (χ1) is 11.0. The molecule has 24 heavy (non-hydrogen) atoms. The fourth-order valence-electron chi connectivity index (χ4n) is 1.94. The lowest BCUT2D eigenvalue weighted by Gasteiger charge is -2.36. The van der Waals surface area contributed by atoms with Gasteiger partial charge >= 0.3 is 0 Å². The van der Waals surface area contributed by atoms with Crippen molar-refractivity contribution in [2.24, 2.45) is 0 Å². The molecule has 0 aromatic rings. The summed E-state index contributed by atoms with van der Waals surface area (Å²) >= 11 is 0. The van der Waals surface area contributed by atoms with E-state index >= 15 is 0 Å². The summed E-state index contributed by atoms with van der Waals surface area (Å²) in [5.41, 5.74) is -0.997. The fourth-order valence-corrected chi connectivity index (χ4v) is 3.03. The summed E-state index contributed by atoms with van der Waals surface area (Å²) in [7, 11) is -0.117. The van der Waals surface area contributed by atoms with Crippen LogP contribution in [0.5, 0.6) is 0 Å². The monoisotopic (exact) mass is 362 g/mol. The highest BCUT2D eigenvalue weighted by Gasteiger charge is 2.37. The Balaban J connectivity index is 4.23. The third-order valence-corrected chi connectivity index (χ3v) is 9.22. The molecule has 0 heterocycles. The zero-order valence-corrected chi connectivity index (χ0v) is 17.7. The van der Waals surface area contributed by atoms with Gasteiger partial charge in [-0.2, -0.15) is 0 Å². The molecule has 0 radical (unpaired) electrons. The van der Waals surface area contributed by atoms with Gasteiger partial charge in [-0.05, 0) is 37.9 Å². The summed E-state index contributed by atoms with van der Waals surface area (Å²) in [5.74, 6) is 0. The van der Waals surface area contributed by atoms with E-state index in [2.05, 4.69) is 40.4 Å². The molecular formula is C18H38O5Si. The van der Waals surface area contributed by atoms with Gasteiger partial charge in [-0.3, -0.25) is 0 Å². The molecule has 0 fully saturated rings. The molecule has 0 saturated carbocycles. The molecule has 0 aliphatic carbocycles. The van der Waals surface area contributed by atoms with E-state index in [4.69, 9.17) is 18.6 Å². The van der Waals surface area contributed by atoms with Crippen LogP contribution in [0.2, 0.25) is 18.1 Å².